The lowest BCUT2D eigenvalue weighted by molar-refractivity contribution is -0.151. The number of aliphatic carboxylic acids is 1. The maximum Gasteiger partial charge on any atom is 0.326 e. The average Bonchev–Trinajstić information content (AvgIpc) is 2.70. The third-order valence-electron chi connectivity index (χ3n) is 3.72. The number of aromatic amines is 1. The Kier molecular flexibility index (Phi) is 3.87. The van der Waals surface area contributed by atoms with Gasteiger partial charge in [-0.1, -0.05) is 0 Å². The summed E-state index contributed by atoms with van der Waals surface area (Å²) in [6.45, 7) is 4.25. The van der Waals surface area contributed by atoms with Gasteiger partial charge >= 0.3 is 5.97 Å². The Bertz CT molecular complexity index is 476. The van der Waals surface area contributed by atoms with Gasteiger partial charge in [-0.15, -0.1) is 0 Å². The van der Waals surface area contributed by atoms with Crippen LogP contribution >= 0.6 is 0 Å². The second-order valence-corrected chi connectivity index (χ2v) is 5.03. The van der Waals surface area contributed by atoms with Gasteiger partial charge in [-0.05, 0) is 33.1 Å². The van der Waals surface area contributed by atoms with Crippen molar-refractivity contribution in [2.75, 3.05) is 6.54 Å². The molecule has 1 aromatic rings. The summed E-state index contributed by atoms with van der Waals surface area (Å²) in [5, 5.41) is 16.1. The summed E-state index contributed by atoms with van der Waals surface area (Å²) in [7, 11) is 0. The highest BCUT2D eigenvalue weighted by Gasteiger charge is 2.32. The van der Waals surface area contributed by atoms with Crippen LogP contribution in [0, 0.1) is 13.8 Å². The molecule has 1 atom stereocenters. The van der Waals surface area contributed by atoms with Crippen molar-refractivity contribution in [2.24, 2.45) is 0 Å². The Morgan fingerprint density at radius 3 is 2.74 bits per heavy atom. The van der Waals surface area contributed by atoms with Crippen LogP contribution in [0.4, 0.5) is 0 Å². The van der Waals surface area contributed by atoms with E-state index in [4.69, 9.17) is 0 Å². The molecule has 1 aliphatic heterocycles. The van der Waals surface area contributed by atoms with Crippen molar-refractivity contribution in [3.63, 3.8) is 0 Å². The van der Waals surface area contributed by atoms with Gasteiger partial charge in [-0.25, -0.2) is 4.79 Å². The lowest BCUT2D eigenvalue weighted by atomic mass is 10.0. The van der Waals surface area contributed by atoms with Crippen LogP contribution in [0.3, 0.4) is 0 Å². The Balaban J connectivity index is 2.12. The monoisotopic (exact) mass is 265 g/mol. The van der Waals surface area contributed by atoms with Crippen LogP contribution in [0.25, 0.3) is 0 Å². The van der Waals surface area contributed by atoms with Crippen molar-refractivity contribution < 1.29 is 14.7 Å². The van der Waals surface area contributed by atoms with E-state index < -0.39 is 12.0 Å². The molecule has 6 heteroatoms. The van der Waals surface area contributed by atoms with E-state index in [9.17, 15) is 14.7 Å². The van der Waals surface area contributed by atoms with Crippen molar-refractivity contribution >= 4 is 11.9 Å². The van der Waals surface area contributed by atoms with Gasteiger partial charge in [-0.3, -0.25) is 9.89 Å². The maximum atomic E-state index is 12.3. The van der Waals surface area contributed by atoms with Gasteiger partial charge in [0.1, 0.15) is 6.04 Å². The Hall–Kier alpha value is -1.85. The summed E-state index contributed by atoms with van der Waals surface area (Å²) >= 11 is 0. The number of rotatable bonds is 3. The zero-order valence-electron chi connectivity index (χ0n) is 11.3. The molecule has 0 radical (unpaired) electrons. The second kappa shape index (κ2) is 5.42. The molecule has 0 saturated carbocycles. The van der Waals surface area contributed by atoms with Crippen molar-refractivity contribution in [1.82, 2.24) is 15.1 Å². The SMILES string of the molecule is Cc1n[nH]c(C)c1CC(=O)N1CCCCC1C(=O)O. The standard InChI is InChI=1S/C13H19N3O3/c1-8-10(9(2)15-14-8)7-12(17)16-6-4-3-5-11(16)13(18)19/h11H,3-7H2,1-2H3,(H,14,15)(H,18,19). The minimum Gasteiger partial charge on any atom is -0.480 e. The van der Waals surface area contributed by atoms with Crippen molar-refractivity contribution in [1.29, 1.82) is 0 Å². The Labute approximate surface area is 111 Å². The molecule has 0 spiro atoms. The number of carbonyl (C=O) groups is 2. The highest BCUT2D eigenvalue weighted by molar-refractivity contribution is 5.85. The molecule has 104 valence electrons. The number of aryl methyl sites for hydroxylation is 2. The first kappa shape index (κ1) is 13.6. The van der Waals surface area contributed by atoms with Gasteiger partial charge in [0.25, 0.3) is 0 Å². The number of amides is 1. The molecule has 1 amide bonds. The quantitative estimate of drug-likeness (QED) is 0.854. The molecule has 0 aromatic carbocycles. The van der Waals surface area contributed by atoms with Crippen molar-refractivity contribution in [3.8, 4) is 0 Å². The smallest absolute Gasteiger partial charge is 0.326 e. The third kappa shape index (κ3) is 2.77. The molecule has 19 heavy (non-hydrogen) atoms. The highest BCUT2D eigenvalue weighted by atomic mass is 16.4. The van der Waals surface area contributed by atoms with E-state index in [-0.39, 0.29) is 12.3 Å². The van der Waals surface area contributed by atoms with Gasteiger partial charge in [0.15, 0.2) is 0 Å². The van der Waals surface area contributed by atoms with Crippen LogP contribution in [0.15, 0.2) is 0 Å². The van der Waals surface area contributed by atoms with E-state index >= 15 is 0 Å². The van der Waals surface area contributed by atoms with Gasteiger partial charge in [0.2, 0.25) is 5.91 Å². The third-order valence-corrected chi connectivity index (χ3v) is 3.72. The predicted molar refractivity (Wildman–Crippen MR) is 68.8 cm³/mol. The number of nitrogens with one attached hydrogen (secondary N) is 1. The zero-order valence-corrected chi connectivity index (χ0v) is 11.3. The van der Waals surface area contributed by atoms with Crippen molar-refractivity contribution in [3.05, 3.63) is 17.0 Å². The van der Waals surface area contributed by atoms with Gasteiger partial charge in [-0.2, -0.15) is 5.10 Å². The molecule has 1 aliphatic rings. The predicted octanol–water partition coefficient (Wildman–Crippen LogP) is 1.03. The molecular weight excluding hydrogens is 246 g/mol. The lowest BCUT2D eigenvalue weighted by Gasteiger charge is -2.33. The molecule has 1 unspecified atom stereocenters. The molecule has 6 nitrogen and oxygen atoms in total. The number of likely N-dealkylation sites (tertiary alicyclic amines) is 1. The molecule has 2 N–H and O–H groups in total. The van der Waals surface area contributed by atoms with E-state index in [0.29, 0.717) is 13.0 Å². The fourth-order valence-electron chi connectivity index (χ4n) is 2.57. The molecule has 1 saturated heterocycles. The lowest BCUT2D eigenvalue weighted by Crippen LogP contribution is -2.48. The fraction of sp³-hybridized carbons (Fsp3) is 0.615. The number of carboxylic acids is 1. The number of hydrogen-bond acceptors (Lipinski definition) is 3. The number of H-pyrrole nitrogens is 1. The van der Waals surface area contributed by atoms with Crippen LogP contribution in [0.2, 0.25) is 0 Å². The summed E-state index contributed by atoms with van der Waals surface area (Å²) in [5.74, 6) is -1.03. The zero-order chi connectivity index (χ0) is 14.0. The summed E-state index contributed by atoms with van der Waals surface area (Å²) in [5.41, 5.74) is 2.55. The van der Waals surface area contributed by atoms with Gasteiger partial charge < -0.3 is 10.0 Å². The summed E-state index contributed by atoms with van der Waals surface area (Å²) in [4.78, 5) is 25.0. The summed E-state index contributed by atoms with van der Waals surface area (Å²) in [6.07, 6.45) is 2.51. The minimum absolute atomic E-state index is 0.125. The van der Waals surface area contributed by atoms with E-state index in [0.717, 1.165) is 29.8 Å². The first-order valence-corrected chi connectivity index (χ1v) is 6.53. The van der Waals surface area contributed by atoms with Crippen LogP contribution in [0.5, 0.6) is 0 Å². The molecular formula is C13H19N3O3. The largest absolute Gasteiger partial charge is 0.480 e. The number of aromatic nitrogens is 2. The van der Waals surface area contributed by atoms with Crippen LogP contribution in [-0.2, 0) is 16.0 Å². The maximum absolute atomic E-state index is 12.3. The number of nitrogens with zero attached hydrogens (tertiary/aromatic N) is 2. The van der Waals surface area contributed by atoms with E-state index in [1.54, 1.807) is 0 Å². The van der Waals surface area contributed by atoms with E-state index in [2.05, 4.69) is 10.2 Å². The molecule has 0 aliphatic carbocycles. The summed E-state index contributed by atoms with van der Waals surface area (Å²) in [6, 6.07) is -0.672. The fourth-order valence-corrected chi connectivity index (χ4v) is 2.57. The van der Waals surface area contributed by atoms with Crippen LogP contribution in [0.1, 0.15) is 36.2 Å². The molecule has 2 rings (SSSR count). The molecule has 0 bridgehead atoms. The number of carboxylic acid groups (broad SMARTS) is 1. The number of piperidine rings is 1. The van der Waals surface area contributed by atoms with Gasteiger partial charge in [0, 0.05) is 17.8 Å². The first-order valence-electron chi connectivity index (χ1n) is 6.53. The molecule has 1 aromatic heterocycles. The van der Waals surface area contributed by atoms with Crippen LogP contribution in [-0.4, -0.2) is 44.7 Å². The summed E-state index contributed by atoms with van der Waals surface area (Å²) < 4.78 is 0. The molecule has 1 fully saturated rings. The highest BCUT2D eigenvalue weighted by Crippen LogP contribution is 2.20. The number of carbonyl (C=O) groups excluding carboxylic acids is 1. The topological polar surface area (TPSA) is 86.3 Å². The Morgan fingerprint density at radius 2 is 2.16 bits per heavy atom. The number of hydrogen-bond donors (Lipinski definition) is 2. The molecule has 2 heterocycles. The average molecular weight is 265 g/mol. The normalized spacial score (nSPS) is 19.5. The van der Waals surface area contributed by atoms with Crippen LogP contribution < -0.4 is 0 Å². The van der Waals surface area contributed by atoms with Gasteiger partial charge in [0.05, 0.1) is 12.1 Å². The van der Waals surface area contributed by atoms with E-state index in [1.165, 1.54) is 4.90 Å². The minimum atomic E-state index is -0.909. The van der Waals surface area contributed by atoms with E-state index in [1.807, 2.05) is 13.8 Å². The first-order chi connectivity index (χ1) is 9.00. The van der Waals surface area contributed by atoms with Crippen molar-refractivity contribution in [2.45, 2.75) is 45.6 Å². The Morgan fingerprint density at radius 1 is 1.42 bits per heavy atom. The second-order valence-electron chi connectivity index (χ2n) is 5.03.